The summed E-state index contributed by atoms with van der Waals surface area (Å²) in [7, 11) is 0. The predicted molar refractivity (Wildman–Crippen MR) is 131 cm³/mol. The van der Waals surface area contributed by atoms with Crippen LogP contribution >= 0.6 is 11.8 Å². The zero-order valence-electron chi connectivity index (χ0n) is 18.1. The van der Waals surface area contributed by atoms with Crippen LogP contribution in [0, 0.1) is 0 Å². The van der Waals surface area contributed by atoms with Crippen molar-refractivity contribution >= 4 is 34.3 Å². The molecule has 5 nitrogen and oxygen atoms in total. The van der Waals surface area contributed by atoms with Crippen LogP contribution in [0.15, 0.2) is 94.9 Å². The lowest BCUT2D eigenvalue weighted by Gasteiger charge is -2.24. The van der Waals surface area contributed by atoms with Crippen LogP contribution in [-0.4, -0.2) is 27.3 Å². The number of rotatable bonds is 7. The monoisotopic (exact) mass is 443 g/mol. The Morgan fingerprint density at radius 3 is 2.28 bits per heavy atom. The number of hydrogen-bond donors (Lipinski definition) is 0. The fraction of sp³-hybridized carbons (Fsp3) is 0.192. The molecule has 1 aromatic heterocycles. The van der Waals surface area contributed by atoms with E-state index in [1.165, 1.54) is 11.8 Å². The standard InChI is InChI=1S/C26H25N3O2S/c1-3-28(21-14-8-5-9-15-21)24(30)19(2)32-26-27-23-17-11-10-16-22(23)25(31)29(26)18-20-12-6-4-7-13-20/h4-17,19H,3,18H2,1-2H3/t19-/m0/s1. The molecule has 1 amide bonds. The second-order valence-corrected chi connectivity index (χ2v) is 8.77. The molecule has 0 fully saturated rings. The number of benzene rings is 3. The molecule has 0 unspecified atom stereocenters. The minimum Gasteiger partial charge on any atom is -0.312 e. The van der Waals surface area contributed by atoms with Crippen molar-refractivity contribution in [3.05, 3.63) is 101 Å². The second-order valence-electron chi connectivity index (χ2n) is 7.47. The third-order valence-corrected chi connectivity index (χ3v) is 6.37. The Bertz CT molecular complexity index is 1270. The molecule has 1 heterocycles. The second kappa shape index (κ2) is 9.83. The largest absolute Gasteiger partial charge is 0.312 e. The highest BCUT2D eigenvalue weighted by atomic mass is 32.2. The molecule has 0 saturated heterocycles. The summed E-state index contributed by atoms with van der Waals surface area (Å²) in [6.45, 7) is 4.79. The van der Waals surface area contributed by atoms with Crippen molar-refractivity contribution in [2.45, 2.75) is 30.8 Å². The third-order valence-electron chi connectivity index (χ3n) is 5.29. The number of aromatic nitrogens is 2. The lowest BCUT2D eigenvalue weighted by molar-refractivity contribution is -0.117. The van der Waals surface area contributed by atoms with E-state index in [0.29, 0.717) is 29.1 Å². The minimum atomic E-state index is -0.412. The predicted octanol–water partition coefficient (Wildman–Crippen LogP) is 4.98. The van der Waals surface area contributed by atoms with Gasteiger partial charge in [-0.1, -0.05) is 72.4 Å². The molecule has 0 spiro atoms. The van der Waals surface area contributed by atoms with Crippen LogP contribution < -0.4 is 10.5 Å². The number of fused-ring (bicyclic) bond motifs is 1. The molecule has 0 radical (unpaired) electrons. The molecule has 0 aliphatic heterocycles. The highest BCUT2D eigenvalue weighted by molar-refractivity contribution is 8.00. The number of para-hydroxylation sites is 2. The number of carbonyl (C=O) groups is 1. The van der Waals surface area contributed by atoms with E-state index >= 15 is 0 Å². The normalized spacial score (nSPS) is 11.9. The first kappa shape index (κ1) is 21.8. The summed E-state index contributed by atoms with van der Waals surface area (Å²) in [6.07, 6.45) is 0. The average Bonchev–Trinajstić information content (AvgIpc) is 2.83. The lowest BCUT2D eigenvalue weighted by Crippen LogP contribution is -2.37. The molecule has 3 aromatic carbocycles. The highest BCUT2D eigenvalue weighted by Gasteiger charge is 2.24. The van der Waals surface area contributed by atoms with Crippen LogP contribution in [0.3, 0.4) is 0 Å². The van der Waals surface area contributed by atoms with Gasteiger partial charge in [-0.05, 0) is 43.7 Å². The van der Waals surface area contributed by atoms with Gasteiger partial charge in [0.25, 0.3) is 5.56 Å². The van der Waals surface area contributed by atoms with Crippen molar-refractivity contribution in [3.8, 4) is 0 Å². The molecule has 0 aliphatic rings. The number of anilines is 1. The van der Waals surface area contributed by atoms with Crippen LogP contribution in [-0.2, 0) is 11.3 Å². The van der Waals surface area contributed by atoms with E-state index in [9.17, 15) is 9.59 Å². The smallest absolute Gasteiger partial charge is 0.262 e. The van der Waals surface area contributed by atoms with Gasteiger partial charge >= 0.3 is 0 Å². The van der Waals surface area contributed by atoms with Gasteiger partial charge in [-0.2, -0.15) is 0 Å². The van der Waals surface area contributed by atoms with Gasteiger partial charge in [0.1, 0.15) is 0 Å². The average molecular weight is 444 g/mol. The van der Waals surface area contributed by atoms with E-state index < -0.39 is 5.25 Å². The molecular weight excluding hydrogens is 418 g/mol. The topological polar surface area (TPSA) is 55.2 Å². The van der Waals surface area contributed by atoms with Gasteiger partial charge in [0.05, 0.1) is 22.7 Å². The number of amides is 1. The Morgan fingerprint density at radius 2 is 1.59 bits per heavy atom. The quantitative estimate of drug-likeness (QED) is 0.299. The van der Waals surface area contributed by atoms with Crippen LogP contribution in [0.4, 0.5) is 5.69 Å². The number of carbonyl (C=O) groups excluding carboxylic acids is 1. The summed E-state index contributed by atoms with van der Waals surface area (Å²) in [5.74, 6) is -0.0163. The maximum Gasteiger partial charge on any atom is 0.262 e. The summed E-state index contributed by atoms with van der Waals surface area (Å²) >= 11 is 1.33. The molecule has 0 aliphatic carbocycles. The van der Waals surface area contributed by atoms with E-state index in [1.807, 2.05) is 92.7 Å². The van der Waals surface area contributed by atoms with Gasteiger partial charge in [-0.3, -0.25) is 14.2 Å². The fourth-order valence-corrected chi connectivity index (χ4v) is 4.61. The summed E-state index contributed by atoms with van der Waals surface area (Å²) in [6, 6.07) is 26.8. The van der Waals surface area contributed by atoms with Crippen LogP contribution in [0.2, 0.25) is 0 Å². The van der Waals surface area contributed by atoms with Gasteiger partial charge in [0, 0.05) is 12.2 Å². The minimum absolute atomic E-state index is 0.0163. The first-order chi connectivity index (χ1) is 15.6. The van der Waals surface area contributed by atoms with Crippen LogP contribution in [0.1, 0.15) is 19.4 Å². The molecule has 4 rings (SSSR count). The Balaban J connectivity index is 1.70. The lowest BCUT2D eigenvalue weighted by atomic mass is 10.2. The zero-order chi connectivity index (χ0) is 22.5. The molecule has 1 atom stereocenters. The highest BCUT2D eigenvalue weighted by Crippen LogP contribution is 2.26. The molecule has 0 N–H and O–H groups in total. The van der Waals surface area contributed by atoms with E-state index in [4.69, 9.17) is 4.98 Å². The molecule has 4 aromatic rings. The summed E-state index contributed by atoms with van der Waals surface area (Å²) in [4.78, 5) is 33.1. The van der Waals surface area contributed by atoms with E-state index in [0.717, 1.165) is 11.3 Å². The van der Waals surface area contributed by atoms with Gasteiger partial charge in [-0.25, -0.2) is 4.98 Å². The maximum atomic E-state index is 13.3. The Hall–Kier alpha value is -3.38. The molecule has 6 heteroatoms. The van der Waals surface area contributed by atoms with Gasteiger partial charge in [0.2, 0.25) is 5.91 Å². The number of hydrogen-bond acceptors (Lipinski definition) is 4. The Labute approximate surface area is 191 Å². The van der Waals surface area contributed by atoms with Crippen LogP contribution in [0.25, 0.3) is 10.9 Å². The van der Waals surface area contributed by atoms with E-state index in [-0.39, 0.29) is 11.5 Å². The summed E-state index contributed by atoms with van der Waals surface area (Å²) in [5, 5.41) is 0.707. The third kappa shape index (κ3) is 4.60. The number of nitrogens with zero attached hydrogens (tertiary/aromatic N) is 3. The van der Waals surface area contributed by atoms with E-state index in [1.54, 1.807) is 15.5 Å². The fourth-order valence-electron chi connectivity index (χ4n) is 3.64. The van der Waals surface area contributed by atoms with Crippen molar-refractivity contribution < 1.29 is 4.79 Å². The molecule has 162 valence electrons. The van der Waals surface area contributed by atoms with Gasteiger partial charge in [-0.15, -0.1) is 0 Å². The van der Waals surface area contributed by atoms with Gasteiger partial charge < -0.3 is 4.90 Å². The SMILES string of the molecule is CCN(C(=O)[C@H](C)Sc1nc2ccccc2c(=O)n1Cc1ccccc1)c1ccccc1. The Morgan fingerprint density at radius 1 is 0.969 bits per heavy atom. The van der Waals surface area contributed by atoms with Crippen molar-refractivity contribution in [3.63, 3.8) is 0 Å². The van der Waals surface area contributed by atoms with Crippen LogP contribution in [0.5, 0.6) is 0 Å². The summed E-state index contributed by atoms with van der Waals surface area (Å²) < 4.78 is 1.67. The molecule has 0 bridgehead atoms. The van der Waals surface area contributed by atoms with Crippen molar-refractivity contribution in [1.82, 2.24) is 9.55 Å². The maximum absolute atomic E-state index is 13.3. The molecular formula is C26H25N3O2S. The first-order valence-corrected chi connectivity index (χ1v) is 11.5. The van der Waals surface area contributed by atoms with Crippen molar-refractivity contribution in [2.24, 2.45) is 0 Å². The van der Waals surface area contributed by atoms with Gasteiger partial charge in [0.15, 0.2) is 5.16 Å². The first-order valence-electron chi connectivity index (χ1n) is 10.6. The van der Waals surface area contributed by atoms with Crippen molar-refractivity contribution in [1.29, 1.82) is 0 Å². The molecule has 0 saturated carbocycles. The Kier molecular flexibility index (Phi) is 6.71. The molecule has 32 heavy (non-hydrogen) atoms. The van der Waals surface area contributed by atoms with Crippen molar-refractivity contribution in [2.75, 3.05) is 11.4 Å². The number of thioether (sulfide) groups is 1. The summed E-state index contributed by atoms with van der Waals surface area (Å²) in [5.41, 5.74) is 2.41. The zero-order valence-corrected chi connectivity index (χ0v) is 19.0. The van der Waals surface area contributed by atoms with E-state index in [2.05, 4.69) is 0 Å².